The van der Waals surface area contributed by atoms with E-state index in [9.17, 15) is 4.79 Å². The molecule has 0 N–H and O–H groups in total. The van der Waals surface area contributed by atoms with Crippen molar-refractivity contribution in [3.8, 4) is 0 Å². The minimum atomic E-state index is -0.0132. The third-order valence-electron chi connectivity index (χ3n) is 3.69. The smallest absolute Gasteiger partial charge is 0.255 e. The maximum atomic E-state index is 12.8. The van der Waals surface area contributed by atoms with Crippen molar-refractivity contribution in [3.63, 3.8) is 0 Å². The highest BCUT2D eigenvalue weighted by atomic mass is 32.2. The van der Waals surface area contributed by atoms with E-state index in [1.165, 1.54) is 0 Å². The molecule has 0 bridgehead atoms. The molecule has 0 aliphatic heterocycles. The second-order valence-electron chi connectivity index (χ2n) is 5.90. The van der Waals surface area contributed by atoms with Crippen molar-refractivity contribution in [2.45, 2.75) is 24.1 Å². The van der Waals surface area contributed by atoms with E-state index < -0.39 is 0 Å². The summed E-state index contributed by atoms with van der Waals surface area (Å²) in [5.74, 6) is 1.42. The number of amides is 1. The monoisotopic (exact) mass is 356 g/mol. The molecule has 0 aliphatic carbocycles. The van der Waals surface area contributed by atoms with Crippen LogP contribution in [0.2, 0.25) is 0 Å². The number of rotatable bonds is 6. The largest absolute Gasteiger partial charge is 0.360 e. The van der Waals surface area contributed by atoms with Crippen molar-refractivity contribution in [1.82, 2.24) is 19.8 Å². The summed E-state index contributed by atoms with van der Waals surface area (Å²) < 4.78 is 6.97. The molecule has 0 aliphatic rings. The van der Waals surface area contributed by atoms with Gasteiger partial charge in [0, 0.05) is 43.4 Å². The van der Waals surface area contributed by atoms with Crippen molar-refractivity contribution < 1.29 is 9.32 Å². The molecule has 25 heavy (non-hydrogen) atoms. The number of carbonyl (C=O) groups excluding carboxylic acids is 1. The minimum absolute atomic E-state index is 0.0132. The maximum Gasteiger partial charge on any atom is 0.255 e. The summed E-state index contributed by atoms with van der Waals surface area (Å²) in [5, 5.41) is 8.03. The van der Waals surface area contributed by atoms with Gasteiger partial charge in [-0.2, -0.15) is 5.10 Å². The van der Waals surface area contributed by atoms with Gasteiger partial charge < -0.3 is 9.42 Å². The van der Waals surface area contributed by atoms with Crippen LogP contribution in [0.4, 0.5) is 0 Å². The van der Waals surface area contributed by atoms with E-state index >= 15 is 0 Å². The fraction of sp³-hybridized carbons (Fsp3) is 0.278. The Labute approximate surface area is 150 Å². The first kappa shape index (κ1) is 17.3. The molecule has 0 saturated heterocycles. The van der Waals surface area contributed by atoms with E-state index in [2.05, 4.69) is 10.3 Å². The third kappa shape index (κ3) is 4.30. The number of carbonyl (C=O) groups is 1. The Bertz CT molecular complexity index is 871. The normalized spacial score (nSPS) is 10.8. The van der Waals surface area contributed by atoms with Gasteiger partial charge in [-0.25, -0.2) is 0 Å². The fourth-order valence-corrected chi connectivity index (χ4v) is 3.43. The van der Waals surface area contributed by atoms with Crippen LogP contribution in [0.25, 0.3) is 0 Å². The van der Waals surface area contributed by atoms with Gasteiger partial charge in [-0.05, 0) is 19.1 Å². The van der Waals surface area contributed by atoms with Gasteiger partial charge in [-0.1, -0.05) is 17.3 Å². The van der Waals surface area contributed by atoms with E-state index in [-0.39, 0.29) is 5.91 Å². The summed E-state index contributed by atoms with van der Waals surface area (Å²) in [4.78, 5) is 15.5. The number of aromatic nitrogens is 3. The molecule has 1 amide bonds. The highest BCUT2D eigenvalue weighted by Gasteiger charge is 2.17. The summed E-state index contributed by atoms with van der Waals surface area (Å²) >= 11 is 1.57. The standard InChI is InChI=1S/C18H20N4O2S/c1-13-8-15(24-20-13)12-25-17-7-5-4-6-16(17)18(23)21(2)10-14-9-19-22(3)11-14/h4-9,11H,10,12H2,1-3H3. The van der Waals surface area contributed by atoms with Crippen molar-refractivity contribution in [3.05, 3.63) is 65.3 Å². The molecule has 3 aromatic rings. The summed E-state index contributed by atoms with van der Waals surface area (Å²) in [7, 11) is 3.67. The zero-order valence-corrected chi connectivity index (χ0v) is 15.3. The van der Waals surface area contributed by atoms with Crippen LogP contribution in [0.1, 0.15) is 27.4 Å². The number of hydrogen-bond donors (Lipinski definition) is 0. The summed E-state index contributed by atoms with van der Waals surface area (Å²) in [6.07, 6.45) is 3.69. The Hall–Kier alpha value is -2.54. The Kier molecular flexibility index (Phi) is 5.23. The Morgan fingerprint density at radius 1 is 1.36 bits per heavy atom. The van der Waals surface area contributed by atoms with Crippen LogP contribution in [0, 0.1) is 6.92 Å². The van der Waals surface area contributed by atoms with Gasteiger partial charge in [-0.15, -0.1) is 11.8 Å². The van der Waals surface area contributed by atoms with Gasteiger partial charge in [0.25, 0.3) is 5.91 Å². The molecule has 6 nitrogen and oxygen atoms in total. The van der Waals surface area contributed by atoms with E-state index in [0.717, 1.165) is 21.9 Å². The summed E-state index contributed by atoms with van der Waals surface area (Å²) in [6, 6.07) is 9.54. The van der Waals surface area contributed by atoms with E-state index in [4.69, 9.17) is 4.52 Å². The molecule has 0 atom stereocenters. The van der Waals surface area contributed by atoms with Crippen LogP contribution in [-0.2, 0) is 19.3 Å². The lowest BCUT2D eigenvalue weighted by Gasteiger charge is -2.18. The van der Waals surface area contributed by atoms with Gasteiger partial charge >= 0.3 is 0 Å². The number of nitrogens with zero attached hydrogens (tertiary/aromatic N) is 4. The van der Waals surface area contributed by atoms with Gasteiger partial charge in [-0.3, -0.25) is 9.48 Å². The Morgan fingerprint density at radius 2 is 2.16 bits per heavy atom. The second kappa shape index (κ2) is 7.57. The lowest BCUT2D eigenvalue weighted by Crippen LogP contribution is -2.26. The molecule has 2 aromatic heterocycles. The topological polar surface area (TPSA) is 64.2 Å². The Morgan fingerprint density at radius 3 is 2.84 bits per heavy atom. The highest BCUT2D eigenvalue weighted by molar-refractivity contribution is 7.98. The van der Waals surface area contributed by atoms with Crippen LogP contribution in [-0.4, -0.2) is 32.8 Å². The molecule has 2 heterocycles. The predicted octanol–water partition coefficient (Wildman–Crippen LogP) is 3.28. The van der Waals surface area contributed by atoms with E-state index in [1.807, 2.05) is 50.5 Å². The van der Waals surface area contributed by atoms with Crippen LogP contribution in [0.5, 0.6) is 0 Å². The predicted molar refractivity (Wildman–Crippen MR) is 96.2 cm³/mol. The van der Waals surface area contributed by atoms with Crippen LogP contribution >= 0.6 is 11.8 Å². The van der Waals surface area contributed by atoms with Gasteiger partial charge in [0.1, 0.15) is 5.76 Å². The quantitative estimate of drug-likeness (QED) is 0.634. The van der Waals surface area contributed by atoms with E-state index in [0.29, 0.717) is 17.9 Å². The molecule has 1 aromatic carbocycles. The number of thioether (sulfide) groups is 1. The molecular formula is C18H20N4O2S. The second-order valence-corrected chi connectivity index (χ2v) is 6.92. The first-order chi connectivity index (χ1) is 12.0. The number of aryl methyl sites for hydroxylation is 2. The lowest BCUT2D eigenvalue weighted by molar-refractivity contribution is 0.0781. The average Bonchev–Trinajstić information content (AvgIpc) is 3.20. The van der Waals surface area contributed by atoms with Crippen molar-refractivity contribution >= 4 is 17.7 Å². The summed E-state index contributed by atoms with van der Waals surface area (Å²) in [6.45, 7) is 2.41. The zero-order chi connectivity index (χ0) is 17.8. The minimum Gasteiger partial charge on any atom is -0.360 e. The van der Waals surface area contributed by atoms with Gasteiger partial charge in [0.05, 0.1) is 23.2 Å². The zero-order valence-electron chi connectivity index (χ0n) is 14.5. The van der Waals surface area contributed by atoms with Gasteiger partial charge in [0.15, 0.2) is 0 Å². The SMILES string of the molecule is Cc1cc(CSc2ccccc2C(=O)N(C)Cc2cnn(C)c2)on1. The third-order valence-corrected chi connectivity index (χ3v) is 4.78. The first-order valence-electron chi connectivity index (χ1n) is 7.90. The first-order valence-corrected chi connectivity index (χ1v) is 8.88. The molecule has 3 rings (SSSR count). The van der Waals surface area contributed by atoms with Crippen LogP contribution in [0.3, 0.4) is 0 Å². The molecule has 0 unspecified atom stereocenters. The van der Waals surface area contributed by atoms with Crippen LogP contribution in [0.15, 0.2) is 52.1 Å². The molecular weight excluding hydrogens is 336 g/mol. The summed E-state index contributed by atoms with van der Waals surface area (Å²) in [5.41, 5.74) is 2.55. The highest BCUT2D eigenvalue weighted by Crippen LogP contribution is 2.27. The molecule has 130 valence electrons. The Balaban J connectivity index is 1.71. The number of benzene rings is 1. The lowest BCUT2D eigenvalue weighted by atomic mass is 10.2. The van der Waals surface area contributed by atoms with Crippen molar-refractivity contribution in [1.29, 1.82) is 0 Å². The maximum absolute atomic E-state index is 12.8. The van der Waals surface area contributed by atoms with E-state index in [1.54, 1.807) is 34.6 Å². The van der Waals surface area contributed by atoms with Gasteiger partial charge in [0.2, 0.25) is 0 Å². The average molecular weight is 356 g/mol. The number of hydrogen-bond acceptors (Lipinski definition) is 5. The van der Waals surface area contributed by atoms with Crippen molar-refractivity contribution in [2.24, 2.45) is 7.05 Å². The molecule has 0 spiro atoms. The molecule has 0 fully saturated rings. The molecule has 0 saturated carbocycles. The van der Waals surface area contributed by atoms with Crippen LogP contribution < -0.4 is 0 Å². The van der Waals surface area contributed by atoms with Crippen molar-refractivity contribution in [2.75, 3.05) is 7.05 Å². The molecule has 0 radical (unpaired) electrons. The fourth-order valence-electron chi connectivity index (χ4n) is 2.51. The molecule has 7 heteroatoms.